The Labute approximate surface area is 159 Å². The Hall–Kier alpha value is -0.280. The van der Waals surface area contributed by atoms with Crippen LogP contribution in [0.4, 0.5) is 0 Å². The van der Waals surface area contributed by atoms with Crippen LogP contribution in [0.3, 0.4) is 0 Å². The first-order chi connectivity index (χ1) is 12.8. The van der Waals surface area contributed by atoms with Crippen LogP contribution in [0, 0.1) is 5.21 Å². The molecule has 7 heteroatoms. The van der Waals surface area contributed by atoms with Gasteiger partial charge in [-0.25, -0.2) is 0 Å². The fourth-order valence-corrected chi connectivity index (χ4v) is 2.99. The van der Waals surface area contributed by atoms with Gasteiger partial charge < -0.3 is 35.4 Å². The molecule has 0 aliphatic carbocycles. The Balaban J connectivity index is 4.04. The van der Waals surface area contributed by atoms with E-state index in [0.717, 1.165) is 19.3 Å². The Kier molecular flexibility index (Phi) is 13.5. The van der Waals surface area contributed by atoms with Crippen molar-refractivity contribution in [3.63, 3.8) is 0 Å². The second kappa shape index (κ2) is 14.7. The molecule has 0 saturated carbocycles. The van der Waals surface area contributed by atoms with Gasteiger partial charge in [-0.3, -0.25) is 0 Å². The average molecular weight is 381 g/mol. The van der Waals surface area contributed by atoms with E-state index >= 15 is 0 Å². The summed E-state index contributed by atoms with van der Waals surface area (Å²) in [6.45, 7) is 1.17. The zero-order chi connectivity index (χ0) is 20.7. The van der Waals surface area contributed by atoms with Crippen LogP contribution in [0.1, 0.15) is 72.5 Å². The lowest BCUT2D eigenvalue weighted by Crippen LogP contribution is -2.53. The van der Waals surface area contributed by atoms with Crippen molar-refractivity contribution in [1.29, 1.82) is 0 Å². The number of unbranched alkanes of at least 4 members (excludes halogenated alkanes) is 9. The molecule has 0 amide bonds. The molecule has 0 spiro atoms. The second-order valence-corrected chi connectivity index (χ2v) is 7.44. The molecule has 0 heterocycles. The van der Waals surface area contributed by atoms with Crippen LogP contribution < -0.4 is 0 Å². The summed E-state index contributed by atoms with van der Waals surface area (Å²) in [5.74, 6) is 0. The van der Waals surface area contributed by atoms with E-state index in [2.05, 4.69) is 6.92 Å². The molecule has 158 valence electrons. The van der Waals surface area contributed by atoms with Crippen molar-refractivity contribution in [1.82, 2.24) is 0 Å². The SMILES string of the molecule is [2H]C[N+]([O-])(CCCCCCCCCCCC)C[C@H](O)[C@@H](O)[C@H](O)[C@H](O)CO. The Morgan fingerprint density at radius 1 is 0.808 bits per heavy atom. The number of nitrogens with zero attached hydrogens (tertiary/aromatic N) is 1. The number of likely N-dealkylation sites (N-methyl/N-ethyl adjacent to an activating group) is 1. The van der Waals surface area contributed by atoms with Gasteiger partial charge in [0, 0.05) is 0 Å². The number of aliphatic hydroxyl groups is 5. The smallest absolute Gasteiger partial charge is 0.132 e. The highest BCUT2D eigenvalue weighted by atomic mass is 16.5. The number of quaternary nitrogens is 1. The summed E-state index contributed by atoms with van der Waals surface area (Å²) in [4.78, 5) is 0. The van der Waals surface area contributed by atoms with E-state index in [1.807, 2.05) is 0 Å². The second-order valence-electron chi connectivity index (χ2n) is 7.44. The van der Waals surface area contributed by atoms with Gasteiger partial charge in [-0.05, 0) is 12.8 Å². The molecule has 0 saturated heterocycles. The lowest BCUT2D eigenvalue weighted by Gasteiger charge is -2.41. The molecule has 0 radical (unpaired) electrons. The largest absolute Gasteiger partial charge is 0.633 e. The molecular formula is C19H41NO6. The molecule has 0 aliphatic heterocycles. The van der Waals surface area contributed by atoms with Crippen LogP contribution >= 0.6 is 0 Å². The molecule has 5 atom stereocenters. The molecule has 0 bridgehead atoms. The molecule has 7 nitrogen and oxygen atoms in total. The minimum absolute atomic E-state index is 0.169. The maximum absolute atomic E-state index is 12.6. The molecule has 0 aromatic rings. The predicted molar refractivity (Wildman–Crippen MR) is 102 cm³/mol. The van der Waals surface area contributed by atoms with Crippen molar-refractivity contribution in [3.8, 4) is 0 Å². The topological polar surface area (TPSA) is 124 Å². The average Bonchev–Trinajstić information content (AvgIpc) is 2.67. The van der Waals surface area contributed by atoms with Crippen LogP contribution in [0.15, 0.2) is 0 Å². The van der Waals surface area contributed by atoms with Gasteiger partial charge in [0.15, 0.2) is 0 Å². The summed E-state index contributed by atoms with van der Waals surface area (Å²) in [5, 5.41) is 60.0. The molecule has 5 N–H and O–H groups in total. The summed E-state index contributed by atoms with van der Waals surface area (Å²) in [7, 11) is -0.486. The molecule has 0 aromatic carbocycles. The number of rotatable bonds is 17. The van der Waals surface area contributed by atoms with Crippen LogP contribution in [-0.2, 0) is 0 Å². The maximum atomic E-state index is 12.6. The summed E-state index contributed by atoms with van der Waals surface area (Å²) in [6.07, 6.45) is 4.62. The molecule has 26 heavy (non-hydrogen) atoms. The number of hydrogen-bond donors (Lipinski definition) is 5. The van der Waals surface area contributed by atoms with Crippen molar-refractivity contribution in [2.24, 2.45) is 0 Å². The molecule has 0 aromatic heterocycles. The van der Waals surface area contributed by atoms with Crippen LogP contribution in [0.2, 0.25) is 0 Å². The monoisotopic (exact) mass is 380 g/mol. The van der Waals surface area contributed by atoms with Crippen molar-refractivity contribution < 1.29 is 31.5 Å². The Bertz CT molecular complexity index is 352. The third kappa shape index (κ3) is 12.2. The Morgan fingerprint density at radius 2 is 1.27 bits per heavy atom. The van der Waals surface area contributed by atoms with Gasteiger partial charge in [-0.1, -0.05) is 58.3 Å². The third-order valence-corrected chi connectivity index (χ3v) is 4.76. The summed E-state index contributed by atoms with van der Waals surface area (Å²) in [5.41, 5.74) is 0. The fraction of sp³-hybridized carbons (Fsp3) is 1.00. The van der Waals surface area contributed by atoms with Crippen LogP contribution in [0.5, 0.6) is 0 Å². The highest BCUT2D eigenvalue weighted by Gasteiger charge is 2.32. The number of hydroxylamine groups is 3. The fourth-order valence-electron chi connectivity index (χ4n) is 2.99. The zero-order valence-corrected chi connectivity index (χ0v) is 16.3. The predicted octanol–water partition coefficient (Wildman–Crippen LogP) is 1.29. The highest BCUT2D eigenvalue weighted by molar-refractivity contribution is 4.80. The third-order valence-electron chi connectivity index (χ3n) is 4.76. The summed E-state index contributed by atoms with van der Waals surface area (Å²) in [6, 6.07) is 0. The minimum Gasteiger partial charge on any atom is -0.633 e. The first-order valence-electron chi connectivity index (χ1n) is 10.7. The standard InChI is InChI=1S/C19H41NO6/c1-3-4-5-6-7-8-9-10-11-12-13-20(2,26)14-16(22)18(24)19(25)17(23)15-21/h16-19,21-25H,3-15H2,1-2H3/t16-,17+,18+,19+,20?/m0/s1/i2D. The van der Waals surface area contributed by atoms with Gasteiger partial charge in [0.2, 0.25) is 0 Å². The van der Waals surface area contributed by atoms with Gasteiger partial charge in [-0.15, -0.1) is 0 Å². The van der Waals surface area contributed by atoms with Crippen molar-refractivity contribution in [3.05, 3.63) is 5.21 Å². The highest BCUT2D eigenvalue weighted by Crippen LogP contribution is 2.14. The van der Waals surface area contributed by atoms with E-state index in [9.17, 15) is 25.6 Å². The number of hydrogen-bond acceptors (Lipinski definition) is 6. The molecule has 0 fully saturated rings. The van der Waals surface area contributed by atoms with Gasteiger partial charge in [-0.2, -0.15) is 0 Å². The number of aliphatic hydroxyl groups excluding tert-OH is 5. The van der Waals surface area contributed by atoms with Crippen molar-refractivity contribution in [2.75, 3.05) is 26.7 Å². The Morgan fingerprint density at radius 3 is 1.73 bits per heavy atom. The van der Waals surface area contributed by atoms with E-state index in [0.29, 0.717) is 6.42 Å². The first kappa shape index (κ1) is 23.8. The van der Waals surface area contributed by atoms with E-state index in [1.165, 1.54) is 38.5 Å². The first-order valence-corrected chi connectivity index (χ1v) is 10.0. The zero-order valence-electron chi connectivity index (χ0n) is 17.3. The lowest BCUT2D eigenvalue weighted by molar-refractivity contribution is -0.864. The lowest BCUT2D eigenvalue weighted by atomic mass is 10.0. The van der Waals surface area contributed by atoms with Crippen LogP contribution in [-0.4, -0.2) is 81.3 Å². The van der Waals surface area contributed by atoms with Crippen molar-refractivity contribution in [2.45, 2.75) is 95.5 Å². The molecule has 1 unspecified atom stereocenters. The van der Waals surface area contributed by atoms with Crippen molar-refractivity contribution >= 4 is 0 Å². The molecule has 0 aliphatic rings. The van der Waals surface area contributed by atoms with E-state index < -0.39 is 49.2 Å². The van der Waals surface area contributed by atoms with E-state index in [1.54, 1.807) is 0 Å². The maximum Gasteiger partial charge on any atom is 0.132 e. The molecule has 0 rings (SSSR count). The molecular weight excluding hydrogens is 338 g/mol. The summed E-state index contributed by atoms with van der Waals surface area (Å²) < 4.78 is 6.49. The summed E-state index contributed by atoms with van der Waals surface area (Å²) >= 11 is 0. The quantitative estimate of drug-likeness (QED) is 0.147. The van der Waals surface area contributed by atoms with Gasteiger partial charge >= 0.3 is 0 Å². The van der Waals surface area contributed by atoms with Gasteiger partial charge in [0.25, 0.3) is 0 Å². The van der Waals surface area contributed by atoms with Gasteiger partial charge in [0.1, 0.15) is 31.0 Å². The van der Waals surface area contributed by atoms with Crippen LogP contribution in [0.25, 0.3) is 0 Å². The van der Waals surface area contributed by atoms with Gasteiger partial charge in [0.05, 0.1) is 21.5 Å². The normalized spacial score (nSPS) is 19.4. The minimum atomic E-state index is -1.75. The van der Waals surface area contributed by atoms with E-state index in [-0.39, 0.29) is 6.54 Å². The van der Waals surface area contributed by atoms with E-state index in [4.69, 9.17) is 6.48 Å².